The molecule has 10 nitrogen and oxygen atoms in total. The zero-order chi connectivity index (χ0) is 27.9. The van der Waals surface area contributed by atoms with Crippen LogP contribution >= 0.6 is 0 Å². The molecule has 0 spiro atoms. The number of carbonyl (C=O) groups excluding carboxylic acids is 1. The molecule has 0 bridgehead atoms. The number of ether oxygens (including phenoxy) is 4. The number of rotatable bonds is 5. The number of hydrogen-bond acceptors (Lipinski definition) is 8. The molecule has 2 aromatic heterocycles. The van der Waals surface area contributed by atoms with Crippen LogP contribution in [0, 0.1) is 0 Å². The Morgan fingerprint density at radius 3 is 2.73 bits per heavy atom. The second-order valence-electron chi connectivity index (χ2n) is 10.9. The SMILES string of the molecule is CC(C)(C)OC(=O)On1c(-c2ccc3c(c2)CCn2c-3cc(OCC3COCCO3)nc2=O)cc2ccccc21. The van der Waals surface area contributed by atoms with Gasteiger partial charge in [-0.25, -0.2) is 9.59 Å². The van der Waals surface area contributed by atoms with Crippen molar-refractivity contribution in [1.82, 2.24) is 14.3 Å². The molecule has 0 aliphatic carbocycles. The first-order valence-electron chi connectivity index (χ1n) is 13.3. The zero-order valence-electron chi connectivity index (χ0n) is 22.7. The lowest BCUT2D eigenvalue weighted by Gasteiger charge is -2.24. The van der Waals surface area contributed by atoms with Crippen LogP contribution in [0.3, 0.4) is 0 Å². The van der Waals surface area contributed by atoms with E-state index in [9.17, 15) is 9.59 Å². The molecule has 0 saturated carbocycles. The van der Waals surface area contributed by atoms with Crippen LogP contribution in [0.5, 0.6) is 5.88 Å². The molecule has 0 amide bonds. The van der Waals surface area contributed by atoms with Gasteiger partial charge in [0.15, 0.2) is 0 Å². The van der Waals surface area contributed by atoms with E-state index in [0.717, 1.165) is 33.3 Å². The first-order valence-corrected chi connectivity index (χ1v) is 13.3. The summed E-state index contributed by atoms with van der Waals surface area (Å²) in [5, 5.41) is 0.927. The minimum Gasteiger partial charge on any atom is -0.475 e. The summed E-state index contributed by atoms with van der Waals surface area (Å²) in [7, 11) is 0. The Kier molecular flexibility index (Phi) is 6.81. The van der Waals surface area contributed by atoms with Crippen molar-refractivity contribution in [1.29, 1.82) is 0 Å². The summed E-state index contributed by atoms with van der Waals surface area (Å²) in [6.07, 6.45) is -0.330. The van der Waals surface area contributed by atoms with Crippen LogP contribution in [0.2, 0.25) is 0 Å². The molecule has 2 aliphatic rings. The van der Waals surface area contributed by atoms with Crippen LogP contribution in [0.15, 0.2) is 59.4 Å². The zero-order valence-corrected chi connectivity index (χ0v) is 22.7. The van der Waals surface area contributed by atoms with Crippen molar-refractivity contribution in [2.75, 3.05) is 26.4 Å². The van der Waals surface area contributed by atoms with Crippen molar-refractivity contribution >= 4 is 17.1 Å². The maximum Gasteiger partial charge on any atom is 0.534 e. The third kappa shape index (κ3) is 5.32. The minimum atomic E-state index is -0.786. The summed E-state index contributed by atoms with van der Waals surface area (Å²) in [4.78, 5) is 35.3. The Labute approximate surface area is 231 Å². The lowest BCUT2D eigenvalue weighted by Crippen LogP contribution is -2.34. The van der Waals surface area contributed by atoms with Gasteiger partial charge in [0.05, 0.1) is 36.7 Å². The van der Waals surface area contributed by atoms with Gasteiger partial charge in [0.2, 0.25) is 5.88 Å². The van der Waals surface area contributed by atoms with Crippen LogP contribution in [-0.4, -0.2) is 58.6 Å². The van der Waals surface area contributed by atoms with Gasteiger partial charge in [-0.05, 0) is 51.0 Å². The maximum absolute atomic E-state index is 12.8. The Balaban J connectivity index is 1.33. The van der Waals surface area contributed by atoms with Gasteiger partial charge in [0, 0.05) is 29.1 Å². The molecule has 208 valence electrons. The van der Waals surface area contributed by atoms with E-state index in [1.54, 1.807) is 31.4 Å². The molecule has 1 unspecified atom stereocenters. The van der Waals surface area contributed by atoms with Gasteiger partial charge in [0.1, 0.15) is 18.3 Å². The average Bonchev–Trinajstić information content (AvgIpc) is 3.29. The van der Waals surface area contributed by atoms with Crippen LogP contribution in [0.25, 0.3) is 33.4 Å². The molecule has 1 saturated heterocycles. The topological polar surface area (TPSA) is 103 Å². The summed E-state index contributed by atoms with van der Waals surface area (Å²) in [5.41, 5.74) is 4.02. The van der Waals surface area contributed by atoms with E-state index in [1.165, 1.54) is 4.73 Å². The molecule has 1 fully saturated rings. The summed E-state index contributed by atoms with van der Waals surface area (Å²) >= 11 is 0. The summed E-state index contributed by atoms with van der Waals surface area (Å²) in [6, 6.07) is 17.5. The van der Waals surface area contributed by atoms with Crippen molar-refractivity contribution < 1.29 is 28.6 Å². The van der Waals surface area contributed by atoms with Crippen molar-refractivity contribution in [3.8, 4) is 28.4 Å². The standard InChI is InChI=1S/C30H31N3O7/c1-30(2,3)39-29(35)40-33-24-7-5-4-6-20(24)15-25(33)21-8-9-23-19(14-21)10-11-32-26(23)16-27(31-28(32)34)38-18-22-17-36-12-13-37-22/h4-9,14-16,22H,10-13,17-18H2,1-3H3. The van der Waals surface area contributed by atoms with E-state index in [0.29, 0.717) is 38.5 Å². The van der Waals surface area contributed by atoms with Gasteiger partial charge in [-0.15, -0.1) is 0 Å². The van der Waals surface area contributed by atoms with Crippen LogP contribution < -0.4 is 15.3 Å². The highest BCUT2D eigenvalue weighted by molar-refractivity contribution is 5.88. The smallest absolute Gasteiger partial charge is 0.475 e. The highest BCUT2D eigenvalue weighted by Crippen LogP contribution is 2.35. The van der Waals surface area contributed by atoms with Gasteiger partial charge in [-0.1, -0.05) is 30.3 Å². The molecule has 6 rings (SSSR count). The lowest BCUT2D eigenvalue weighted by molar-refractivity contribution is -0.102. The summed E-state index contributed by atoms with van der Waals surface area (Å²) in [6.45, 7) is 7.66. The quantitative estimate of drug-likeness (QED) is 0.343. The van der Waals surface area contributed by atoms with E-state index < -0.39 is 11.8 Å². The van der Waals surface area contributed by atoms with Gasteiger partial charge >= 0.3 is 11.8 Å². The third-order valence-electron chi connectivity index (χ3n) is 6.79. The van der Waals surface area contributed by atoms with Crippen molar-refractivity contribution in [3.05, 3.63) is 70.6 Å². The molecule has 10 heteroatoms. The number of carbonyl (C=O) groups is 1. The Morgan fingerprint density at radius 1 is 1.07 bits per heavy atom. The fourth-order valence-corrected chi connectivity index (χ4v) is 5.02. The Morgan fingerprint density at radius 2 is 1.93 bits per heavy atom. The van der Waals surface area contributed by atoms with Crippen molar-refractivity contribution in [2.24, 2.45) is 0 Å². The van der Waals surface area contributed by atoms with Crippen LogP contribution in [0.1, 0.15) is 26.3 Å². The second-order valence-corrected chi connectivity index (χ2v) is 10.9. The molecule has 0 N–H and O–H groups in total. The third-order valence-corrected chi connectivity index (χ3v) is 6.79. The predicted molar refractivity (Wildman–Crippen MR) is 147 cm³/mol. The molecule has 4 heterocycles. The molecule has 40 heavy (non-hydrogen) atoms. The highest BCUT2D eigenvalue weighted by atomic mass is 16.8. The van der Waals surface area contributed by atoms with E-state index in [4.69, 9.17) is 23.8 Å². The fraction of sp³-hybridized carbons (Fsp3) is 0.367. The first kappa shape index (κ1) is 26.1. The molecule has 0 radical (unpaired) electrons. The summed E-state index contributed by atoms with van der Waals surface area (Å²) < 4.78 is 25.5. The number of fused-ring (bicyclic) bond motifs is 4. The van der Waals surface area contributed by atoms with Gasteiger partial charge in [0.25, 0.3) is 0 Å². The Bertz CT molecular complexity index is 1630. The molecule has 4 aromatic rings. The first-order chi connectivity index (χ1) is 19.2. The van der Waals surface area contributed by atoms with E-state index in [2.05, 4.69) is 11.1 Å². The largest absolute Gasteiger partial charge is 0.534 e. The van der Waals surface area contributed by atoms with E-state index in [1.807, 2.05) is 42.5 Å². The fourth-order valence-electron chi connectivity index (χ4n) is 5.02. The van der Waals surface area contributed by atoms with Crippen molar-refractivity contribution in [2.45, 2.75) is 45.4 Å². The van der Waals surface area contributed by atoms with Crippen LogP contribution in [0.4, 0.5) is 4.79 Å². The number of para-hydroxylation sites is 1. The lowest BCUT2D eigenvalue weighted by atomic mass is 9.94. The van der Waals surface area contributed by atoms with Crippen LogP contribution in [-0.2, 0) is 27.2 Å². The second kappa shape index (κ2) is 10.4. The summed E-state index contributed by atoms with van der Waals surface area (Å²) in [5.74, 6) is 0.258. The molecular weight excluding hydrogens is 514 g/mol. The predicted octanol–water partition coefficient (Wildman–Crippen LogP) is 4.25. The average molecular weight is 546 g/mol. The number of aryl methyl sites for hydroxylation is 1. The molecular formula is C30H31N3O7. The number of hydrogen-bond donors (Lipinski definition) is 0. The maximum atomic E-state index is 12.8. The Hall–Kier alpha value is -4.15. The normalized spacial score (nSPS) is 16.7. The highest BCUT2D eigenvalue weighted by Gasteiger charge is 2.24. The van der Waals surface area contributed by atoms with Gasteiger partial charge in [-0.2, -0.15) is 9.71 Å². The van der Waals surface area contributed by atoms with E-state index in [-0.39, 0.29) is 24.3 Å². The number of benzene rings is 2. The molecule has 2 aliphatic heterocycles. The number of nitrogens with zero attached hydrogens (tertiary/aromatic N) is 3. The van der Waals surface area contributed by atoms with Gasteiger partial charge < -0.3 is 23.8 Å². The molecule has 1 atom stereocenters. The monoisotopic (exact) mass is 545 g/mol. The molecule has 2 aromatic carbocycles. The number of aromatic nitrogens is 3. The van der Waals surface area contributed by atoms with Gasteiger partial charge in [-0.3, -0.25) is 4.57 Å². The van der Waals surface area contributed by atoms with Crippen molar-refractivity contribution in [3.63, 3.8) is 0 Å². The minimum absolute atomic E-state index is 0.196. The van der Waals surface area contributed by atoms with E-state index >= 15 is 0 Å².